The molecule has 1 amide bonds. The smallest absolute Gasteiger partial charge is 0.253 e. The number of nitrogens with one attached hydrogen (secondary N) is 1. The summed E-state index contributed by atoms with van der Waals surface area (Å²) >= 11 is 5.86. The predicted molar refractivity (Wildman–Crippen MR) is 80.2 cm³/mol. The number of rotatable bonds is 5. The van der Waals surface area contributed by atoms with Gasteiger partial charge >= 0.3 is 0 Å². The maximum atomic E-state index is 13.0. The molecule has 0 atom stereocenters. The van der Waals surface area contributed by atoms with E-state index in [1.54, 1.807) is 0 Å². The lowest BCUT2D eigenvalue weighted by atomic mass is 10.1. The second-order valence-electron chi connectivity index (χ2n) is 4.35. The topological polar surface area (TPSA) is 38.3 Å². The fraction of sp³-hybridized carbons (Fsp3) is 0.188. The number of halogens is 2. The van der Waals surface area contributed by atoms with Crippen LogP contribution in [0.1, 0.15) is 22.8 Å². The van der Waals surface area contributed by atoms with Gasteiger partial charge in [-0.25, -0.2) is 4.39 Å². The highest BCUT2D eigenvalue weighted by Gasteiger charge is 2.11. The summed E-state index contributed by atoms with van der Waals surface area (Å²) in [7, 11) is 0. The van der Waals surface area contributed by atoms with Gasteiger partial charge in [0.1, 0.15) is 11.6 Å². The average Bonchev–Trinajstić information content (AvgIpc) is 2.46. The zero-order chi connectivity index (χ0) is 15.2. The largest absolute Gasteiger partial charge is 0.494 e. The van der Waals surface area contributed by atoms with E-state index >= 15 is 0 Å². The van der Waals surface area contributed by atoms with Gasteiger partial charge < -0.3 is 10.1 Å². The summed E-state index contributed by atoms with van der Waals surface area (Å²) in [6.07, 6.45) is 0. The van der Waals surface area contributed by atoms with Crippen LogP contribution >= 0.6 is 11.6 Å². The second-order valence-corrected chi connectivity index (χ2v) is 4.75. The highest BCUT2D eigenvalue weighted by molar-refractivity contribution is 6.33. The number of amides is 1. The van der Waals surface area contributed by atoms with Gasteiger partial charge in [0.15, 0.2) is 0 Å². The molecule has 1 N–H and O–H groups in total. The van der Waals surface area contributed by atoms with E-state index in [1.807, 2.05) is 31.2 Å². The standard InChI is InChI=1S/C16H15ClFNO2/c1-2-21-15-6-4-3-5-11(15)10-19-16(20)13-8-7-12(18)9-14(13)17/h3-9H,2,10H2,1H3,(H,19,20). The lowest BCUT2D eigenvalue weighted by molar-refractivity contribution is 0.0950. The third kappa shape index (κ3) is 3.95. The number of ether oxygens (including phenoxy) is 1. The minimum absolute atomic E-state index is 0.0885. The molecule has 0 heterocycles. The molecule has 0 aliphatic heterocycles. The summed E-state index contributed by atoms with van der Waals surface area (Å²) in [5, 5.41) is 2.84. The molecule has 0 bridgehead atoms. The minimum atomic E-state index is -0.474. The first kappa shape index (κ1) is 15.3. The van der Waals surface area contributed by atoms with E-state index in [2.05, 4.69) is 5.32 Å². The van der Waals surface area contributed by atoms with E-state index in [1.165, 1.54) is 12.1 Å². The Kier molecular flexibility index (Phi) is 5.17. The third-order valence-electron chi connectivity index (χ3n) is 2.89. The van der Waals surface area contributed by atoms with Crippen molar-refractivity contribution in [1.29, 1.82) is 0 Å². The van der Waals surface area contributed by atoms with Crippen molar-refractivity contribution in [1.82, 2.24) is 5.32 Å². The molecule has 0 aromatic heterocycles. The molecule has 110 valence electrons. The van der Waals surface area contributed by atoms with Crippen molar-refractivity contribution in [2.24, 2.45) is 0 Å². The van der Waals surface area contributed by atoms with Gasteiger partial charge in [-0.05, 0) is 31.2 Å². The summed E-state index contributed by atoms with van der Waals surface area (Å²) in [5.41, 5.74) is 1.11. The summed E-state index contributed by atoms with van der Waals surface area (Å²) < 4.78 is 18.5. The van der Waals surface area contributed by atoms with E-state index < -0.39 is 5.82 Å². The van der Waals surface area contributed by atoms with Crippen LogP contribution < -0.4 is 10.1 Å². The van der Waals surface area contributed by atoms with Gasteiger partial charge in [-0.2, -0.15) is 0 Å². The number of para-hydroxylation sites is 1. The summed E-state index contributed by atoms with van der Waals surface area (Å²) in [4.78, 5) is 12.1. The first-order valence-corrected chi connectivity index (χ1v) is 6.93. The van der Waals surface area contributed by atoms with Crippen LogP contribution in [0.15, 0.2) is 42.5 Å². The van der Waals surface area contributed by atoms with E-state index in [9.17, 15) is 9.18 Å². The summed E-state index contributed by atoms with van der Waals surface area (Å²) in [6.45, 7) is 2.76. The molecule has 2 rings (SSSR count). The molecule has 5 heteroatoms. The Bertz CT molecular complexity index is 646. The van der Waals surface area contributed by atoms with Crippen LogP contribution in [0.25, 0.3) is 0 Å². The van der Waals surface area contributed by atoms with E-state index in [0.29, 0.717) is 13.2 Å². The first-order valence-electron chi connectivity index (χ1n) is 6.55. The van der Waals surface area contributed by atoms with Crippen LogP contribution in [0.4, 0.5) is 4.39 Å². The zero-order valence-electron chi connectivity index (χ0n) is 11.5. The molecule has 3 nitrogen and oxygen atoms in total. The first-order chi connectivity index (χ1) is 10.1. The fourth-order valence-electron chi connectivity index (χ4n) is 1.89. The van der Waals surface area contributed by atoms with Gasteiger partial charge in [-0.1, -0.05) is 29.8 Å². The molecule has 0 spiro atoms. The van der Waals surface area contributed by atoms with E-state index in [4.69, 9.17) is 16.3 Å². The molecular formula is C16H15ClFNO2. The van der Waals surface area contributed by atoms with Crippen LogP contribution in [0.3, 0.4) is 0 Å². The Balaban J connectivity index is 2.07. The second kappa shape index (κ2) is 7.09. The van der Waals surface area contributed by atoms with Crippen molar-refractivity contribution in [3.63, 3.8) is 0 Å². The van der Waals surface area contributed by atoms with Crippen LogP contribution in [0.5, 0.6) is 5.75 Å². The van der Waals surface area contributed by atoms with Gasteiger partial charge in [0.2, 0.25) is 0 Å². The molecule has 0 fully saturated rings. The van der Waals surface area contributed by atoms with Gasteiger partial charge in [-0.3, -0.25) is 4.79 Å². The van der Waals surface area contributed by atoms with Crippen molar-refractivity contribution in [3.8, 4) is 5.75 Å². The van der Waals surface area contributed by atoms with Gasteiger partial charge in [0.25, 0.3) is 5.91 Å². The number of hydrogen-bond donors (Lipinski definition) is 1. The molecule has 21 heavy (non-hydrogen) atoms. The van der Waals surface area contributed by atoms with Crippen LogP contribution in [-0.2, 0) is 6.54 Å². The van der Waals surface area contributed by atoms with Crippen molar-refractivity contribution in [2.45, 2.75) is 13.5 Å². The molecule has 0 aliphatic rings. The molecule has 2 aromatic carbocycles. The lowest BCUT2D eigenvalue weighted by Gasteiger charge is -2.11. The minimum Gasteiger partial charge on any atom is -0.494 e. The van der Waals surface area contributed by atoms with Crippen LogP contribution in [0.2, 0.25) is 5.02 Å². The highest BCUT2D eigenvalue weighted by atomic mass is 35.5. The number of hydrogen-bond acceptors (Lipinski definition) is 2. The molecule has 2 aromatic rings. The van der Waals surface area contributed by atoms with Crippen molar-refractivity contribution in [3.05, 3.63) is 64.4 Å². The third-order valence-corrected chi connectivity index (χ3v) is 3.20. The van der Waals surface area contributed by atoms with Crippen molar-refractivity contribution < 1.29 is 13.9 Å². The summed E-state index contributed by atoms with van der Waals surface area (Å²) in [6, 6.07) is 11.1. The van der Waals surface area contributed by atoms with Gasteiger partial charge in [0, 0.05) is 12.1 Å². The molecular weight excluding hydrogens is 293 g/mol. The van der Waals surface area contributed by atoms with Gasteiger partial charge in [-0.15, -0.1) is 0 Å². The molecule has 0 unspecified atom stereocenters. The van der Waals surface area contributed by atoms with Crippen LogP contribution in [0, 0.1) is 5.82 Å². The monoisotopic (exact) mass is 307 g/mol. The Hall–Kier alpha value is -2.07. The summed E-state index contributed by atoms with van der Waals surface area (Å²) in [5.74, 6) is -0.102. The Morgan fingerprint density at radius 3 is 2.76 bits per heavy atom. The van der Waals surface area contributed by atoms with Crippen LogP contribution in [-0.4, -0.2) is 12.5 Å². The molecule has 0 aliphatic carbocycles. The van der Waals surface area contributed by atoms with Gasteiger partial charge in [0.05, 0.1) is 17.2 Å². The number of carbonyl (C=O) groups is 1. The normalized spacial score (nSPS) is 10.2. The number of benzene rings is 2. The number of carbonyl (C=O) groups excluding carboxylic acids is 1. The predicted octanol–water partition coefficient (Wildman–Crippen LogP) is 3.81. The Morgan fingerprint density at radius 2 is 2.05 bits per heavy atom. The molecule has 0 radical (unpaired) electrons. The maximum absolute atomic E-state index is 13.0. The average molecular weight is 308 g/mol. The Morgan fingerprint density at radius 1 is 1.29 bits per heavy atom. The van der Waals surface area contributed by atoms with Crippen molar-refractivity contribution >= 4 is 17.5 Å². The SMILES string of the molecule is CCOc1ccccc1CNC(=O)c1ccc(F)cc1Cl. The fourth-order valence-corrected chi connectivity index (χ4v) is 2.14. The highest BCUT2D eigenvalue weighted by Crippen LogP contribution is 2.19. The zero-order valence-corrected chi connectivity index (χ0v) is 12.3. The molecule has 0 saturated heterocycles. The maximum Gasteiger partial charge on any atom is 0.253 e. The molecule has 0 saturated carbocycles. The Labute approximate surface area is 127 Å². The van der Waals surface area contributed by atoms with E-state index in [0.717, 1.165) is 17.4 Å². The van der Waals surface area contributed by atoms with E-state index in [-0.39, 0.29) is 16.5 Å². The lowest BCUT2D eigenvalue weighted by Crippen LogP contribution is -2.23. The quantitative estimate of drug-likeness (QED) is 0.912. The van der Waals surface area contributed by atoms with Crippen molar-refractivity contribution in [2.75, 3.05) is 6.61 Å².